The van der Waals surface area contributed by atoms with Crippen molar-refractivity contribution in [1.29, 1.82) is 0 Å². The highest BCUT2D eigenvalue weighted by atomic mass is 32.2. The molecule has 3 aliphatic rings. The van der Waals surface area contributed by atoms with Gasteiger partial charge in [0, 0.05) is 28.7 Å². The minimum atomic E-state index is -2.87. The third-order valence-corrected chi connectivity index (χ3v) is 8.12. The molecule has 10 nitrogen and oxygen atoms in total. The second-order valence-electron chi connectivity index (χ2n) is 8.64. The van der Waals surface area contributed by atoms with Crippen LogP contribution in [-0.4, -0.2) is 65.7 Å². The number of hydrogen-bond acceptors (Lipinski definition) is 11. The Kier molecular flexibility index (Phi) is 6.20. The molecule has 0 heterocycles. The van der Waals surface area contributed by atoms with Gasteiger partial charge in [0.1, 0.15) is 22.8 Å². The third-order valence-electron chi connectivity index (χ3n) is 6.89. The number of ether oxygens (including phenoxy) is 1. The first kappa shape index (κ1) is 25.2. The molecular weight excluding hydrogens is 498 g/mol. The van der Waals surface area contributed by atoms with E-state index in [0.29, 0.717) is 17.1 Å². The maximum absolute atomic E-state index is 13.6. The van der Waals surface area contributed by atoms with Crippen LogP contribution in [0.2, 0.25) is 0 Å². The number of thiocarbonyl (C=S) groups is 1. The maximum atomic E-state index is 13.6. The van der Waals surface area contributed by atoms with E-state index >= 15 is 0 Å². The van der Waals surface area contributed by atoms with Gasteiger partial charge in [-0.2, -0.15) is 0 Å². The van der Waals surface area contributed by atoms with Crippen molar-refractivity contribution in [3.63, 3.8) is 0 Å². The van der Waals surface area contributed by atoms with Gasteiger partial charge in [0.25, 0.3) is 5.91 Å². The highest BCUT2D eigenvalue weighted by Crippen LogP contribution is 2.57. The summed E-state index contributed by atoms with van der Waals surface area (Å²) in [7, 11) is 0. The lowest BCUT2D eigenvalue weighted by Crippen LogP contribution is -2.63. The Hall–Kier alpha value is -2.93. The zero-order chi connectivity index (χ0) is 26.0. The fraction of sp³-hybridized carbons (Fsp3) is 0.391. The van der Waals surface area contributed by atoms with Crippen molar-refractivity contribution in [2.45, 2.75) is 42.8 Å². The summed E-state index contributed by atoms with van der Waals surface area (Å²) in [5.41, 5.74) is 1.22. The molecule has 5 atom stereocenters. The molecule has 0 saturated heterocycles. The van der Waals surface area contributed by atoms with Crippen LogP contribution in [0.25, 0.3) is 5.76 Å². The SMILES string of the molecule is CCOC(=S)Sc1ccc(O)c2c1[C@H](C)[C@@H]1C(=C2O)C(=O)[C@]2(O)C(O)=C(C(N)=O)C(=O)C[C@@H]2[C@H]1O. The van der Waals surface area contributed by atoms with Crippen molar-refractivity contribution in [3.05, 3.63) is 40.2 Å². The number of amides is 1. The number of thioether (sulfide) groups is 1. The van der Waals surface area contributed by atoms with Gasteiger partial charge in [0.15, 0.2) is 11.4 Å². The van der Waals surface area contributed by atoms with Crippen molar-refractivity contribution in [2.75, 3.05) is 6.61 Å². The van der Waals surface area contributed by atoms with Gasteiger partial charge in [0.05, 0.1) is 18.3 Å². The number of phenolic OH excluding ortho intramolecular Hbond substituents is 1. The van der Waals surface area contributed by atoms with Gasteiger partial charge < -0.3 is 36.0 Å². The molecule has 35 heavy (non-hydrogen) atoms. The smallest absolute Gasteiger partial charge is 0.255 e. The zero-order valence-corrected chi connectivity index (χ0v) is 20.3. The fourth-order valence-electron chi connectivity index (χ4n) is 5.36. The lowest BCUT2D eigenvalue weighted by Gasteiger charge is -2.50. The number of fused-ring (bicyclic) bond motifs is 3. The van der Waals surface area contributed by atoms with Crippen LogP contribution in [0.3, 0.4) is 0 Å². The summed E-state index contributed by atoms with van der Waals surface area (Å²) >= 11 is 6.27. The van der Waals surface area contributed by atoms with E-state index in [2.05, 4.69) is 0 Å². The van der Waals surface area contributed by atoms with Crippen LogP contribution >= 0.6 is 24.0 Å². The van der Waals surface area contributed by atoms with Gasteiger partial charge in [-0.3, -0.25) is 14.4 Å². The molecule has 1 fully saturated rings. The quantitative estimate of drug-likeness (QED) is 0.191. The highest BCUT2D eigenvalue weighted by molar-refractivity contribution is 8.22. The van der Waals surface area contributed by atoms with Gasteiger partial charge in [-0.25, -0.2) is 0 Å². The second-order valence-corrected chi connectivity index (χ2v) is 10.3. The topological polar surface area (TPSA) is 188 Å². The van der Waals surface area contributed by atoms with E-state index in [1.807, 2.05) is 0 Å². The van der Waals surface area contributed by atoms with Crippen LogP contribution < -0.4 is 5.73 Å². The summed E-state index contributed by atoms with van der Waals surface area (Å²) in [6.07, 6.45) is -2.23. The molecular formula is C23H23NO9S2. The minimum Gasteiger partial charge on any atom is -0.508 e. The Morgan fingerprint density at radius 3 is 2.54 bits per heavy atom. The molecule has 0 unspecified atom stereocenters. The van der Waals surface area contributed by atoms with Crippen LogP contribution in [0.5, 0.6) is 5.75 Å². The molecule has 1 saturated carbocycles. The molecule has 0 bridgehead atoms. The Morgan fingerprint density at radius 2 is 1.94 bits per heavy atom. The zero-order valence-electron chi connectivity index (χ0n) is 18.6. The van der Waals surface area contributed by atoms with Gasteiger partial charge in [-0.1, -0.05) is 6.92 Å². The molecule has 0 aromatic heterocycles. The fourth-order valence-corrected chi connectivity index (χ4v) is 6.64. The first-order valence-corrected chi connectivity index (χ1v) is 12.0. The number of nitrogens with two attached hydrogens (primary N) is 1. The summed E-state index contributed by atoms with van der Waals surface area (Å²) in [5.74, 6) is -9.12. The number of ketones is 2. The van der Waals surface area contributed by atoms with E-state index in [1.54, 1.807) is 19.9 Å². The van der Waals surface area contributed by atoms with Crippen LogP contribution in [0.15, 0.2) is 33.9 Å². The summed E-state index contributed by atoms with van der Waals surface area (Å²) in [5, 5.41) is 55.0. The summed E-state index contributed by atoms with van der Waals surface area (Å²) in [6, 6.07) is 2.85. The average Bonchev–Trinajstić information content (AvgIpc) is 2.77. The van der Waals surface area contributed by atoms with Crippen LogP contribution in [0.1, 0.15) is 37.3 Å². The number of aliphatic hydroxyl groups excluding tert-OH is 3. The number of Topliss-reactive ketones (excluding diaryl/α,β-unsaturated/α-hetero) is 2. The number of aliphatic hydroxyl groups is 4. The van der Waals surface area contributed by atoms with Crippen molar-refractivity contribution in [1.82, 2.24) is 0 Å². The van der Waals surface area contributed by atoms with Crippen molar-refractivity contribution in [3.8, 4) is 5.75 Å². The largest absolute Gasteiger partial charge is 0.508 e. The van der Waals surface area contributed by atoms with Crippen molar-refractivity contribution < 1.29 is 44.7 Å². The number of hydrogen-bond donors (Lipinski definition) is 6. The number of phenols is 1. The lowest BCUT2D eigenvalue weighted by molar-refractivity contribution is -0.160. The normalized spacial score (nSPS) is 29.9. The first-order chi connectivity index (χ1) is 16.4. The number of carbonyl (C=O) groups excluding carboxylic acids is 3. The number of carbonyl (C=O) groups is 3. The molecule has 1 amide bonds. The number of benzene rings is 1. The van der Waals surface area contributed by atoms with E-state index in [-0.39, 0.29) is 15.7 Å². The molecule has 7 N–H and O–H groups in total. The van der Waals surface area contributed by atoms with Crippen LogP contribution in [0, 0.1) is 11.8 Å². The maximum Gasteiger partial charge on any atom is 0.255 e. The molecule has 1 aromatic carbocycles. The predicted molar refractivity (Wildman–Crippen MR) is 128 cm³/mol. The monoisotopic (exact) mass is 521 g/mol. The molecule has 186 valence electrons. The summed E-state index contributed by atoms with van der Waals surface area (Å²) < 4.78 is 5.51. The Balaban J connectivity index is 1.96. The van der Waals surface area contributed by atoms with Gasteiger partial charge in [-0.05, 0) is 54.5 Å². The molecule has 0 aliphatic heterocycles. The van der Waals surface area contributed by atoms with Crippen molar-refractivity contribution in [2.24, 2.45) is 17.6 Å². The van der Waals surface area contributed by atoms with E-state index in [0.717, 1.165) is 11.8 Å². The van der Waals surface area contributed by atoms with E-state index in [4.69, 9.17) is 22.7 Å². The predicted octanol–water partition coefficient (Wildman–Crippen LogP) is 1.37. The summed E-state index contributed by atoms with van der Waals surface area (Å²) in [6.45, 7) is 3.73. The van der Waals surface area contributed by atoms with Gasteiger partial charge in [0.2, 0.25) is 10.2 Å². The number of rotatable bonds is 3. The van der Waals surface area contributed by atoms with Crippen LogP contribution in [-0.2, 0) is 19.1 Å². The number of primary amides is 1. The van der Waals surface area contributed by atoms with E-state index in [1.165, 1.54) is 6.07 Å². The van der Waals surface area contributed by atoms with E-state index < -0.39 is 76.0 Å². The minimum absolute atomic E-state index is 0.0962. The van der Waals surface area contributed by atoms with Gasteiger partial charge in [-0.15, -0.1) is 0 Å². The lowest BCUT2D eigenvalue weighted by atomic mass is 9.55. The highest BCUT2D eigenvalue weighted by Gasteiger charge is 2.65. The van der Waals surface area contributed by atoms with E-state index in [9.17, 15) is 39.9 Å². The Morgan fingerprint density at radius 1 is 1.29 bits per heavy atom. The van der Waals surface area contributed by atoms with Gasteiger partial charge >= 0.3 is 0 Å². The molecule has 0 radical (unpaired) electrons. The molecule has 12 heteroatoms. The Bertz CT molecular complexity index is 1250. The molecule has 1 aromatic rings. The van der Waals surface area contributed by atoms with Crippen molar-refractivity contribution >= 4 is 51.6 Å². The number of aromatic hydroxyl groups is 1. The molecule has 3 aliphatic carbocycles. The second kappa shape index (κ2) is 8.63. The first-order valence-electron chi connectivity index (χ1n) is 10.7. The molecule has 0 spiro atoms. The van der Waals surface area contributed by atoms with Crippen LogP contribution in [0.4, 0.5) is 0 Å². The third kappa shape index (κ3) is 3.46. The standard InChI is InChI=1S/C23H23NO9S2/c1-3-33-22(34)35-11-5-4-9(25)14-12(11)7(2)13-16(18(14)28)20(30)23(32)8(17(13)27)6-10(26)15(19(23)29)21(24)31/h4-5,7-8,13,17,25,27-29,32H,3,6H2,1-2H3,(H2,24,31)/t7-,8+,13+,17+,23+/m0/s1. The summed E-state index contributed by atoms with van der Waals surface area (Å²) in [4.78, 5) is 38.4. The average molecular weight is 522 g/mol. The molecule has 4 rings (SSSR count). The Labute approximate surface area is 209 Å².